The van der Waals surface area contributed by atoms with E-state index in [0.29, 0.717) is 0 Å². The number of hydrogen-bond donors (Lipinski definition) is 1. The normalized spacial score (nSPS) is 15.2. The highest BCUT2D eigenvalue weighted by Gasteiger charge is 2.03. The fourth-order valence-corrected chi connectivity index (χ4v) is 1.87. The lowest BCUT2D eigenvalue weighted by atomic mass is 10.1. The first-order valence-corrected chi connectivity index (χ1v) is 6.04. The van der Waals surface area contributed by atoms with Gasteiger partial charge in [-0.1, -0.05) is 11.6 Å². The van der Waals surface area contributed by atoms with Crippen LogP contribution in [-0.4, -0.2) is 26.8 Å². The predicted molar refractivity (Wildman–Crippen MR) is 68.7 cm³/mol. The molecule has 0 unspecified atom stereocenters. The van der Waals surface area contributed by atoms with Crippen LogP contribution >= 0.6 is 0 Å². The van der Waals surface area contributed by atoms with Crippen molar-refractivity contribution in [2.45, 2.75) is 12.8 Å². The molecule has 0 saturated carbocycles. The van der Waals surface area contributed by atoms with Crippen molar-refractivity contribution < 1.29 is 9.47 Å². The minimum absolute atomic E-state index is 0.748. The Kier molecular flexibility index (Phi) is 4.45. The molecule has 0 fully saturated rings. The van der Waals surface area contributed by atoms with Gasteiger partial charge in [-0.3, -0.25) is 0 Å². The number of ether oxygens (including phenoxy) is 2. The zero-order chi connectivity index (χ0) is 11.9. The van der Waals surface area contributed by atoms with Crippen molar-refractivity contribution in [3.8, 4) is 11.5 Å². The van der Waals surface area contributed by atoms with Crippen LogP contribution in [-0.2, 0) is 0 Å². The molecule has 2 rings (SSSR count). The van der Waals surface area contributed by atoms with Crippen molar-refractivity contribution >= 4 is 0 Å². The van der Waals surface area contributed by atoms with Crippen LogP contribution < -0.4 is 14.8 Å². The maximum absolute atomic E-state index is 5.69. The van der Waals surface area contributed by atoms with Crippen LogP contribution in [0.1, 0.15) is 12.8 Å². The predicted octanol–water partition coefficient (Wildman–Crippen LogP) is 2.38. The van der Waals surface area contributed by atoms with Gasteiger partial charge in [0, 0.05) is 13.0 Å². The molecule has 17 heavy (non-hydrogen) atoms. The molecule has 0 aromatic heterocycles. The lowest BCUT2D eigenvalue weighted by Crippen LogP contribution is -2.21. The summed E-state index contributed by atoms with van der Waals surface area (Å²) in [5.74, 6) is 1.76. The average Bonchev–Trinajstić information content (AvgIpc) is 2.41. The van der Waals surface area contributed by atoms with E-state index in [-0.39, 0.29) is 0 Å². The molecule has 0 radical (unpaired) electrons. The molecular weight excluding hydrogens is 214 g/mol. The largest absolute Gasteiger partial charge is 0.497 e. The summed E-state index contributed by atoms with van der Waals surface area (Å²) in [5.41, 5.74) is 1.50. The van der Waals surface area contributed by atoms with Crippen molar-refractivity contribution in [1.82, 2.24) is 5.32 Å². The van der Waals surface area contributed by atoms with E-state index in [0.717, 1.165) is 44.0 Å². The summed E-state index contributed by atoms with van der Waals surface area (Å²) >= 11 is 0. The molecule has 1 heterocycles. The highest BCUT2D eigenvalue weighted by molar-refractivity contribution is 5.31. The summed E-state index contributed by atoms with van der Waals surface area (Å²) in [6.07, 6.45) is 4.43. The number of benzene rings is 1. The van der Waals surface area contributed by atoms with E-state index in [1.807, 2.05) is 24.3 Å². The third-order valence-electron chi connectivity index (χ3n) is 2.91. The van der Waals surface area contributed by atoms with E-state index in [2.05, 4.69) is 11.4 Å². The number of nitrogens with one attached hydrogen (secondary N) is 1. The summed E-state index contributed by atoms with van der Waals surface area (Å²) in [5, 5.41) is 3.30. The second-order valence-electron chi connectivity index (χ2n) is 4.09. The van der Waals surface area contributed by atoms with Crippen LogP contribution in [0.2, 0.25) is 0 Å². The van der Waals surface area contributed by atoms with Gasteiger partial charge in [-0.05, 0) is 37.2 Å². The molecule has 0 bridgehead atoms. The van der Waals surface area contributed by atoms with E-state index in [9.17, 15) is 0 Å². The average molecular weight is 233 g/mol. The number of rotatable bonds is 5. The van der Waals surface area contributed by atoms with Gasteiger partial charge in [0.25, 0.3) is 0 Å². The fraction of sp³-hybridized carbons (Fsp3) is 0.429. The Balaban J connectivity index is 1.75. The van der Waals surface area contributed by atoms with Gasteiger partial charge in [-0.25, -0.2) is 0 Å². The van der Waals surface area contributed by atoms with Gasteiger partial charge in [-0.2, -0.15) is 0 Å². The van der Waals surface area contributed by atoms with Crippen LogP contribution in [0, 0.1) is 0 Å². The van der Waals surface area contributed by atoms with Crippen LogP contribution in [0.25, 0.3) is 0 Å². The molecule has 1 aliphatic heterocycles. The first-order chi connectivity index (χ1) is 8.38. The van der Waals surface area contributed by atoms with Gasteiger partial charge in [0.1, 0.15) is 11.5 Å². The Bertz CT molecular complexity index is 370. The molecule has 1 aliphatic rings. The van der Waals surface area contributed by atoms with Crippen LogP contribution in [0.3, 0.4) is 0 Å². The molecule has 3 heteroatoms. The molecule has 1 aromatic rings. The summed E-state index contributed by atoms with van der Waals surface area (Å²) in [4.78, 5) is 0. The molecule has 0 saturated heterocycles. The second-order valence-corrected chi connectivity index (χ2v) is 4.09. The first-order valence-electron chi connectivity index (χ1n) is 6.04. The number of hydrogen-bond acceptors (Lipinski definition) is 3. The quantitative estimate of drug-likeness (QED) is 0.792. The van der Waals surface area contributed by atoms with E-state index < -0.39 is 0 Å². The Morgan fingerprint density at radius 1 is 1.18 bits per heavy atom. The van der Waals surface area contributed by atoms with Crippen LogP contribution in [0.15, 0.2) is 35.9 Å². The molecular formula is C14H19NO2. The van der Waals surface area contributed by atoms with E-state index in [4.69, 9.17) is 9.47 Å². The van der Waals surface area contributed by atoms with E-state index >= 15 is 0 Å². The molecule has 0 atom stereocenters. The summed E-state index contributed by atoms with van der Waals surface area (Å²) in [7, 11) is 1.67. The van der Waals surface area contributed by atoms with E-state index in [1.165, 1.54) is 5.57 Å². The minimum atomic E-state index is 0.748. The van der Waals surface area contributed by atoms with Gasteiger partial charge < -0.3 is 14.8 Å². The van der Waals surface area contributed by atoms with E-state index in [1.54, 1.807) is 7.11 Å². The monoisotopic (exact) mass is 233 g/mol. The summed E-state index contributed by atoms with van der Waals surface area (Å²) < 4.78 is 10.8. The van der Waals surface area contributed by atoms with Gasteiger partial charge in [0.15, 0.2) is 0 Å². The molecule has 1 aromatic carbocycles. The Morgan fingerprint density at radius 3 is 2.59 bits per heavy atom. The topological polar surface area (TPSA) is 30.5 Å². The lowest BCUT2D eigenvalue weighted by Gasteiger charge is -2.14. The number of methoxy groups -OCH3 is 1. The summed E-state index contributed by atoms with van der Waals surface area (Å²) in [6.45, 7) is 2.84. The van der Waals surface area contributed by atoms with Gasteiger partial charge in [-0.15, -0.1) is 0 Å². The molecule has 92 valence electrons. The van der Waals surface area contributed by atoms with Gasteiger partial charge >= 0.3 is 0 Å². The SMILES string of the molecule is COc1ccc(OCCC2=CCNCC2)cc1. The Hall–Kier alpha value is -1.48. The van der Waals surface area contributed by atoms with Crippen molar-refractivity contribution in [3.05, 3.63) is 35.9 Å². The maximum atomic E-state index is 5.69. The Labute approximate surface area is 102 Å². The molecule has 0 aliphatic carbocycles. The Morgan fingerprint density at radius 2 is 1.94 bits per heavy atom. The maximum Gasteiger partial charge on any atom is 0.119 e. The fourth-order valence-electron chi connectivity index (χ4n) is 1.87. The lowest BCUT2D eigenvalue weighted by molar-refractivity contribution is 0.318. The van der Waals surface area contributed by atoms with Gasteiger partial charge in [0.05, 0.1) is 13.7 Å². The minimum Gasteiger partial charge on any atom is -0.497 e. The van der Waals surface area contributed by atoms with Crippen molar-refractivity contribution in [2.75, 3.05) is 26.8 Å². The second kappa shape index (κ2) is 6.30. The summed E-state index contributed by atoms with van der Waals surface area (Å²) in [6, 6.07) is 7.71. The molecule has 3 nitrogen and oxygen atoms in total. The zero-order valence-corrected chi connectivity index (χ0v) is 10.2. The molecule has 1 N–H and O–H groups in total. The zero-order valence-electron chi connectivity index (χ0n) is 10.2. The van der Waals surface area contributed by atoms with Crippen LogP contribution in [0.4, 0.5) is 0 Å². The first kappa shape index (κ1) is 12.0. The third kappa shape index (κ3) is 3.79. The smallest absolute Gasteiger partial charge is 0.119 e. The molecule has 0 amide bonds. The van der Waals surface area contributed by atoms with Crippen LogP contribution in [0.5, 0.6) is 11.5 Å². The standard InChI is InChI=1S/C14H19NO2/c1-16-13-2-4-14(5-3-13)17-11-8-12-6-9-15-10-7-12/h2-6,15H,7-11H2,1H3. The van der Waals surface area contributed by atoms with Crippen molar-refractivity contribution in [2.24, 2.45) is 0 Å². The van der Waals surface area contributed by atoms with Crippen molar-refractivity contribution in [1.29, 1.82) is 0 Å². The third-order valence-corrected chi connectivity index (χ3v) is 2.91. The molecule has 0 spiro atoms. The van der Waals surface area contributed by atoms with Gasteiger partial charge in [0.2, 0.25) is 0 Å². The highest BCUT2D eigenvalue weighted by atomic mass is 16.5. The van der Waals surface area contributed by atoms with Crippen molar-refractivity contribution in [3.63, 3.8) is 0 Å². The highest BCUT2D eigenvalue weighted by Crippen LogP contribution is 2.18.